The fourth-order valence-corrected chi connectivity index (χ4v) is 3.99. The van der Waals surface area contributed by atoms with Crippen LogP contribution in [-0.4, -0.2) is 33.3 Å². The van der Waals surface area contributed by atoms with E-state index in [1.165, 1.54) is 12.1 Å². The highest BCUT2D eigenvalue weighted by atomic mass is 19.4. The maximum absolute atomic E-state index is 13.6. The van der Waals surface area contributed by atoms with E-state index in [2.05, 4.69) is 30.4 Å². The second kappa shape index (κ2) is 7.86. The molecular weight excluding hydrogens is 405 g/mol. The molecule has 0 atom stereocenters. The number of halogens is 3. The van der Waals surface area contributed by atoms with Gasteiger partial charge in [-0.05, 0) is 38.2 Å². The van der Waals surface area contributed by atoms with Crippen LogP contribution in [0.1, 0.15) is 49.3 Å². The molecule has 1 aliphatic heterocycles. The first-order chi connectivity index (χ1) is 15.0. The van der Waals surface area contributed by atoms with Crippen molar-refractivity contribution in [3.05, 3.63) is 47.7 Å². The lowest BCUT2D eigenvalue weighted by atomic mass is 10.0. The number of nitrogens with zero attached hydrogens (tertiary/aromatic N) is 4. The van der Waals surface area contributed by atoms with Crippen molar-refractivity contribution >= 4 is 17.6 Å². The average molecular weight is 428 g/mol. The van der Waals surface area contributed by atoms with Crippen molar-refractivity contribution in [1.82, 2.24) is 20.2 Å². The zero-order valence-corrected chi connectivity index (χ0v) is 16.9. The SMILES string of the molecule is FC(F)(F)c1ccccc1-c1cc(N2CCCCC2)nc(Nc2cc(C3CC3)[nH]n2)n1. The lowest BCUT2D eigenvalue weighted by Gasteiger charge is -2.28. The molecule has 162 valence electrons. The van der Waals surface area contributed by atoms with Gasteiger partial charge in [-0.2, -0.15) is 23.3 Å². The van der Waals surface area contributed by atoms with Gasteiger partial charge in [-0.1, -0.05) is 18.2 Å². The Morgan fingerprint density at radius 3 is 2.52 bits per heavy atom. The van der Waals surface area contributed by atoms with E-state index in [9.17, 15) is 13.2 Å². The molecule has 2 N–H and O–H groups in total. The first kappa shape index (κ1) is 19.8. The smallest absolute Gasteiger partial charge is 0.356 e. The van der Waals surface area contributed by atoms with Gasteiger partial charge < -0.3 is 10.2 Å². The number of nitrogens with one attached hydrogen (secondary N) is 2. The summed E-state index contributed by atoms with van der Waals surface area (Å²) in [5.74, 6) is 1.94. The molecule has 1 aliphatic carbocycles. The van der Waals surface area contributed by atoms with Crippen LogP contribution in [0.5, 0.6) is 0 Å². The van der Waals surface area contributed by atoms with Crippen LogP contribution in [0.4, 0.5) is 30.8 Å². The van der Waals surface area contributed by atoms with Gasteiger partial charge in [-0.15, -0.1) is 0 Å². The quantitative estimate of drug-likeness (QED) is 0.562. The second-order valence-corrected chi connectivity index (χ2v) is 8.13. The maximum atomic E-state index is 13.6. The van der Waals surface area contributed by atoms with Crippen molar-refractivity contribution in [3.63, 3.8) is 0 Å². The largest absolute Gasteiger partial charge is 0.417 e. The highest BCUT2D eigenvalue weighted by Gasteiger charge is 2.34. The lowest BCUT2D eigenvalue weighted by Crippen LogP contribution is -2.30. The summed E-state index contributed by atoms with van der Waals surface area (Å²) < 4.78 is 40.9. The lowest BCUT2D eigenvalue weighted by molar-refractivity contribution is -0.137. The van der Waals surface area contributed by atoms with Gasteiger partial charge in [0.25, 0.3) is 0 Å². The first-order valence-electron chi connectivity index (χ1n) is 10.6. The molecule has 0 unspecified atom stereocenters. The van der Waals surface area contributed by atoms with Gasteiger partial charge in [0.15, 0.2) is 5.82 Å². The van der Waals surface area contributed by atoms with E-state index in [0.29, 0.717) is 17.6 Å². The van der Waals surface area contributed by atoms with Gasteiger partial charge in [0.1, 0.15) is 5.82 Å². The van der Waals surface area contributed by atoms with E-state index < -0.39 is 11.7 Å². The number of aromatic nitrogens is 4. The fraction of sp³-hybridized carbons (Fsp3) is 0.409. The van der Waals surface area contributed by atoms with Crippen LogP contribution in [0.15, 0.2) is 36.4 Å². The predicted molar refractivity (Wildman–Crippen MR) is 112 cm³/mol. The van der Waals surface area contributed by atoms with Crippen molar-refractivity contribution in [2.45, 2.75) is 44.2 Å². The molecule has 1 saturated carbocycles. The molecule has 0 bridgehead atoms. The molecule has 31 heavy (non-hydrogen) atoms. The second-order valence-electron chi connectivity index (χ2n) is 8.13. The minimum absolute atomic E-state index is 0.0411. The Hall–Kier alpha value is -3.10. The Morgan fingerprint density at radius 1 is 1.00 bits per heavy atom. The number of anilines is 3. The summed E-state index contributed by atoms with van der Waals surface area (Å²) in [5, 5.41) is 10.4. The monoisotopic (exact) mass is 428 g/mol. The summed E-state index contributed by atoms with van der Waals surface area (Å²) in [6, 6.07) is 9.09. The Bertz CT molecular complexity index is 1070. The Labute approximate surface area is 177 Å². The normalized spacial score (nSPS) is 17.1. The van der Waals surface area contributed by atoms with Crippen LogP contribution in [-0.2, 0) is 6.18 Å². The summed E-state index contributed by atoms with van der Waals surface area (Å²) in [6.07, 6.45) is 1.02. The third kappa shape index (κ3) is 4.35. The molecule has 5 rings (SSSR count). The van der Waals surface area contributed by atoms with Crippen LogP contribution in [0, 0.1) is 0 Å². The van der Waals surface area contributed by atoms with Crippen molar-refractivity contribution in [3.8, 4) is 11.3 Å². The van der Waals surface area contributed by atoms with Crippen molar-refractivity contribution in [1.29, 1.82) is 0 Å². The van der Waals surface area contributed by atoms with Gasteiger partial charge in [0.2, 0.25) is 5.95 Å². The molecule has 2 aliphatic rings. The third-order valence-electron chi connectivity index (χ3n) is 5.76. The van der Waals surface area contributed by atoms with Crippen molar-refractivity contribution in [2.75, 3.05) is 23.3 Å². The Morgan fingerprint density at radius 2 is 1.77 bits per heavy atom. The number of hydrogen-bond acceptors (Lipinski definition) is 5. The molecule has 2 fully saturated rings. The molecule has 0 amide bonds. The highest BCUT2D eigenvalue weighted by Crippen LogP contribution is 2.40. The summed E-state index contributed by atoms with van der Waals surface area (Å²) >= 11 is 0. The van der Waals surface area contributed by atoms with Gasteiger partial charge in [-0.3, -0.25) is 5.10 Å². The van der Waals surface area contributed by atoms with Crippen molar-refractivity contribution < 1.29 is 13.2 Å². The van der Waals surface area contributed by atoms with Crippen molar-refractivity contribution in [2.24, 2.45) is 0 Å². The van der Waals surface area contributed by atoms with E-state index in [4.69, 9.17) is 0 Å². The first-order valence-corrected chi connectivity index (χ1v) is 10.6. The average Bonchev–Trinajstić information content (AvgIpc) is 3.53. The minimum atomic E-state index is -4.47. The fourth-order valence-electron chi connectivity index (χ4n) is 3.99. The molecule has 1 saturated heterocycles. The number of rotatable bonds is 5. The van der Waals surface area contributed by atoms with Crippen LogP contribution in [0.3, 0.4) is 0 Å². The van der Waals surface area contributed by atoms with Gasteiger partial charge in [0, 0.05) is 42.4 Å². The molecule has 0 radical (unpaired) electrons. The number of H-pyrrole nitrogens is 1. The van der Waals surface area contributed by atoms with Crippen LogP contribution in [0.25, 0.3) is 11.3 Å². The zero-order valence-electron chi connectivity index (χ0n) is 16.9. The maximum Gasteiger partial charge on any atom is 0.417 e. The van der Waals surface area contributed by atoms with Crippen LogP contribution >= 0.6 is 0 Å². The summed E-state index contributed by atoms with van der Waals surface area (Å²) in [4.78, 5) is 11.2. The van der Waals surface area contributed by atoms with Gasteiger partial charge >= 0.3 is 6.18 Å². The number of hydrogen-bond donors (Lipinski definition) is 2. The highest BCUT2D eigenvalue weighted by molar-refractivity contribution is 5.69. The molecule has 0 spiro atoms. The Kier molecular flexibility index (Phi) is 5.03. The van der Waals surface area contributed by atoms with Gasteiger partial charge in [0.05, 0.1) is 11.3 Å². The molecular formula is C22H23F3N6. The summed E-state index contributed by atoms with van der Waals surface area (Å²) in [6.45, 7) is 1.65. The van der Waals surface area contributed by atoms with Crippen LogP contribution in [0.2, 0.25) is 0 Å². The zero-order chi connectivity index (χ0) is 21.4. The number of alkyl halides is 3. The molecule has 9 heteroatoms. The predicted octanol–water partition coefficient (Wildman–Crippen LogP) is 5.50. The molecule has 6 nitrogen and oxygen atoms in total. The Balaban J connectivity index is 1.54. The standard InChI is InChI=1S/C22H23F3N6/c23-22(24,25)16-7-3-2-6-15(16)18-13-20(31-10-4-1-5-11-31)28-21(26-18)27-19-12-17(29-30-19)14-8-9-14/h2-3,6-7,12-14H,1,4-5,8-11H2,(H2,26,27,28,29,30). The van der Waals surface area contributed by atoms with Crippen LogP contribution < -0.4 is 10.2 Å². The number of piperidine rings is 1. The van der Waals surface area contributed by atoms with E-state index >= 15 is 0 Å². The minimum Gasteiger partial charge on any atom is -0.356 e. The third-order valence-corrected chi connectivity index (χ3v) is 5.76. The molecule has 1 aromatic carbocycles. The molecule has 3 aromatic rings. The van der Waals surface area contributed by atoms with E-state index in [0.717, 1.165) is 57.0 Å². The molecule has 2 aromatic heterocycles. The van der Waals surface area contributed by atoms with E-state index in [1.54, 1.807) is 12.1 Å². The topological polar surface area (TPSA) is 69.7 Å². The number of aromatic amines is 1. The number of benzene rings is 1. The van der Waals surface area contributed by atoms with Gasteiger partial charge in [-0.25, -0.2) is 4.98 Å². The van der Waals surface area contributed by atoms with E-state index in [1.807, 2.05) is 6.07 Å². The molecule has 3 heterocycles. The summed E-state index contributed by atoms with van der Waals surface area (Å²) in [5.41, 5.74) is 0.626. The summed E-state index contributed by atoms with van der Waals surface area (Å²) in [7, 11) is 0. The van der Waals surface area contributed by atoms with E-state index in [-0.39, 0.29) is 17.2 Å².